The lowest BCUT2D eigenvalue weighted by atomic mass is 9.96. The number of carbonyl (C=O) groups is 2. The minimum atomic E-state index is -1.32. The number of Topliss-reactive ketones (excluding diaryl/α,β-unsaturated/α-hetero) is 1. The molecule has 0 saturated carbocycles. The third-order valence-corrected chi connectivity index (χ3v) is 5.10. The summed E-state index contributed by atoms with van der Waals surface area (Å²) in [6.07, 6.45) is 6.49. The number of carboxylic acid groups (broad SMARTS) is 1. The van der Waals surface area contributed by atoms with E-state index in [1.807, 2.05) is 36.4 Å². The van der Waals surface area contributed by atoms with Gasteiger partial charge in [-0.3, -0.25) is 9.59 Å². The summed E-state index contributed by atoms with van der Waals surface area (Å²) in [4.78, 5) is 37.3. The number of ketones is 1. The lowest BCUT2D eigenvalue weighted by Gasteiger charge is -2.27. The summed E-state index contributed by atoms with van der Waals surface area (Å²) < 4.78 is 7.36. The maximum absolute atomic E-state index is 13.0. The molecular formula is C21H19NO5. The van der Waals surface area contributed by atoms with Crippen molar-refractivity contribution in [1.82, 2.24) is 4.57 Å². The molecule has 2 aliphatic rings. The molecular weight excluding hydrogens is 346 g/mol. The van der Waals surface area contributed by atoms with Crippen LogP contribution in [0.4, 0.5) is 0 Å². The minimum absolute atomic E-state index is 0.0865. The van der Waals surface area contributed by atoms with Crippen molar-refractivity contribution >= 4 is 11.8 Å². The maximum atomic E-state index is 13.0. The number of allylic oxidation sites excluding steroid dienone is 2. The quantitative estimate of drug-likeness (QED) is 0.898. The SMILES string of the molecule is O=C(O)c1cn2c(c(OCc3ccccc3)c1=O)C(=O)C1=CC2CCCC1. The number of hydrogen-bond donors (Lipinski definition) is 1. The largest absolute Gasteiger partial charge is 0.483 e. The Labute approximate surface area is 155 Å². The maximum Gasteiger partial charge on any atom is 0.341 e. The number of fused-ring (bicyclic) bond motifs is 3. The number of carboxylic acids is 1. The average Bonchev–Trinajstić information content (AvgIpc) is 2.89. The van der Waals surface area contributed by atoms with Crippen LogP contribution in [0.2, 0.25) is 0 Å². The van der Waals surface area contributed by atoms with Gasteiger partial charge in [0, 0.05) is 6.20 Å². The van der Waals surface area contributed by atoms with Gasteiger partial charge in [0.15, 0.2) is 5.75 Å². The van der Waals surface area contributed by atoms with E-state index in [-0.39, 0.29) is 35.4 Å². The van der Waals surface area contributed by atoms with Crippen molar-refractivity contribution in [2.75, 3.05) is 0 Å². The first kappa shape index (κ1) is 17.3. The number of aromatic nitrogens is 1. The smallest absolute Gasteiger partial charge is 0.341 e. The van der Waals surface area contributed by atoms with Crippen molar-refractivity contribution in [2.24, 2.45) is 0 Å². The molecule has 1 aliphatic carbocycles. The Hall–Kier alpha value is -3.15. The monoisotopic (exact) mass is 365 g/mol. The van der Waals surface area contributed by atoms with Crippen LogP contribution in [-0.2, 0) is 6.61 Å². The normalized spacial score (nSPS) is 18.3. The van der Waals surface area contributed by atoms with Gasteiger partial charge in [-0.25, -0.2) is 4.79 Å². The first-order chi connectivity index (χ1) is 13.1. The lowest BCUT2D eigenvalue weighted by Crippen LogP contribution is -2.30. The van der Waals surface area contributed by atoms with E-state index in [1.165, 1.54) is 6.20 Å². The Bertz CT molecular complexity index is 1000. The molecule has 2 bridgehead atoms. The number of pyridine rings is 1. The molecule has 1 aromatic heterocycles. The van der Waals surface area contributed by atoms with Gasteiger partial charge in [-0.1, -0.05) is 42.8 Å². The fourth-order valence-electron chi connectivity index (χ4n) is 3.74. The standard InChI is InChI=1S/C21H19NO5/c23-18-14-8-4-5-9-15(10-14)22-11-16(21(25)26)19(24)20(17(18)22)27-12-13-6-2-1-3-7-13/h1-3,6-7,10-11,15H,4-5,8-9,12H2,(H,25,26). The van der Waals surface area contributed by atoms with E-state index in [0.717, 1.165) is 24.8 Å². The van der Waals surface area contributed by atoms with E-state index in [0.29, 0.717) is 12.0 Å². The Morgan fingerprint density at radius 1 is 1.19 bits per heavy atom. The molecule has 2 aromatic rings. The second-order valence-electron chi connectivity index (χ2n) is 6.87. The third kappa shape index (κ3) is 3.07. The van der Waals surface area contributed by atoms with E-state index < -0.39 is 11.4 Å². The highest BCUT2D eigenvalue weighted by Crippen LogP contribution is 2.36. The summed E-state index contributed by atoms with van der Waals surface area (Å²) in [5.74, 6) is -1.73. The van der Waals surface area contributed by atoms with Crippen LogP contribution in [-0.4, -0.2) is 21.4 Å². The van der Waals surface area contributed by atoms with Gasteiger partial charge in [0.2, 0.25) is 11.2 Å². The summed E-state index contributed by atoms with van der Waals surface area (Å²) in [5.41, 5.74) is 0.555. The fraction of sp³-hybridized carbons (Fsp3) is 0.286. The molecule has 1 aliphatic heterocycles. The molecule has 0 amide bonds. The fourth-order valence-corrected chi connectivity index (χ4v) is 3.74. The topological polar surface area (TPSA) is 85.6 Å². The predicted molar refractivity (Wildman–Crippen MR) is 98.4 cm³/mol. The summed E-state index contributed by atoms with van der Waals surface area (Å²) >= 11 is 0. The van der Waals surface area contributed by atoms with Crippen LogP contribution in [0.1, 0.15) is 58.1 Å². The number of carbonyl (C=O) groups excluding carboxylic acids is 1. The van der Waals surface area contributed by atoms with Crippen molar-refractivity contribution in [2.45, 2.75) is 38.3 Å². The molecule has 0 fully saturated rings. The highest BCUT2D eigenvalue weighted by molar-refractivity contribution is 6.10. The molecule has 138 valence electrons. The minimum Gasteiger partial charge on any atom is -0.483 e. The van der Waals surface area contributed by atoms with E-state index in [9.17, 15) is 19.5 Å². The highest BCUT2D eigenvalue weighted by Gasteiger charge is 2.33. The number of rotatable bonds is 4. The Morgan fingerprint density at radius 2 is 1.96 bits per heavy atom. The number of benzene rings is 1. The molecule has 4 rings (SSSR count). The molecule has 6 nitrogen and oxygen atoms in total. The summed E-state index contributed by atoms with van der Waals surface area (Å²) in [5, 5.41) is 9.45. The van der Waals surface area contributed by atoms with Crippen molar-refractivity contribution in [1.29, 1.82) is 0 Å². The van der Waals surface area contributed by atoms with E-state index in [2.05, 4.69) is 0 Å². The van der Waals surface area contributed by atoms with Gasteiger partial charge in [-0.05, 0) is 30.4 Å². The Kier molecular flexibility index (Phi) is 4.39. The molecule has 0 saturated heterocycles. The first-order valence-corrected chi connectivity index (χ1v) is 9.01. The Morgan fingerprint density at radius 3 is 2.70 bits per heavy atom. The molecule has 2 heterocycles. The second-order valence-corrected chi connectivity index (χ2v) is 6.87. The van der Waals surface area contributed by atoms with Gasteiger partial charge in [-0.15, -0.1) is 0 Å². The van der Waals surface area contributed by atoms with Gasteiger partial charge in [0.05, 0.1) is 6.04 Å². The zero-order chi connectivity index (χ0) is 19.0. The van der Waals surface area contributed by atoms with E-state index in [4.69, 9.17) is 4.74 Å². The zero-order valence-corrected chi connectivity index (χ0v) is 14.7. The van der Waals surface area contributed by atoms with Crippen LogP contribution in [0.25, 0.3) is 0 Å². The first-order valence-electron chi connectivity index (χ1n) is 9.01. The number of hydrogen-bond acceptors (Lipinski definition) is 4. The van der Waals surface area contributed by atoms with Gasteiger partial charge in [0.25, 0.3) is 0 Å². The van der Waals surface area contributed by atoms with Crippen molar-refractivity contribution < 1.29 is 19.4 Å². The summed E-state index contributed by atoms with van der Waals surface area (Å²) in [6, 6.07) is 9.11. The molecule has 27 heavy (non-hydrogen) atoms. The van der Waals surface area contributed by atoms with Gasteiger partial charge >= 0.3 is 5.97 Å². The van der Waals surface area contributed by atoms with Crippen LogP contribution in [0.3, 0.4) is 0 Å². The van der Waals surface area contributed by atoms with Gasteiger partial charge in [-0.2, -0.15) is 0 Å². The second kappa shape index (κ2) is 6.87. The molecule has 0 radical (unpaired) electrons. The molecule has 6 heteroatoms. The van der Waals surface area contributed by atoms with Crippen molar-refractivity contribution in [3.8, 4) is 5.75 Å². The van der Waals surface area contributed by atoms with Crippen LogP contribution in [0, 0.1) is 0 Å². The summed E-state index contributed by atoms with van der Waals surface area (Å²) in [6.45, 7) is 0.0865. The molecule has 1 unspecified atom stereocenters. The van der Waals surface area contributed by atoms with E-state index in [1.54, 1.807) is 4.57 Å². The molecule has 0 spiro atoms. The Balaban J connectivity index is 1.85. The van der Waals surface area contributed by atoms with Crippen molar-refractivity contribution in [3.63, 3.8) is 0 Å². The number of nitrogens with zero attached hydrogens (tertiary/aromatic N) is 1. The van der Waals surface area contributed by atoms with E-state index >= 15 is 0 Å². The summed E-state index contributed by atoms with van der Waals surface area (Å²) in [7, 11) is 0. The number of ether oxygens (including phenoxy) is 1. The van der Waals surface area contributed by atoms with Crippen LogP contribution < -0.4 is 10.2 Å². The van der Waals surface area contributed by atoms with Crippen LogP contribution in [0.15, 0.2) is 53.0 Å². The van der Waals surface area contributed by atoms with Gasteiger partial charge in [0.1, 0.15) is 17.9 Å². The van der Waals surface area contributed by atoms with Gasteiger partial charge < -0.3 is 14.4 Å². The zero-order valence-electron chi connectivity index (χ0n) is 14.7. The third-order valence-electron chi connectivity index (χ3n) is 5.10. The highest BCUT2D eigenvalue weighted by atomic mass is 16.5. The number of aromatic carboxylic acids is 1. The van der Waals surface area contributed by atoms with Crippen LogP contribution in [0.5, 0.6) is 5.75 Å². The average molecular weight is 365 g/mol. The lowest BCUT2D eigenvalue weighted by molar-refractivity contribution is 0.0692. The molecule has 1 atom stereocenters. The van der Waals surface area contributed by atoms with Crippen molar-refractivity contribution in [3.05, 3.63) is 75.2 Å². The van der Waals surface area contributed by atoms with Crippen LogP contribution >= 0.6 is 0 Å². The predicted octanol–water partition coefficient (Wildman–Crippen LogP) is 3.36. The molecule has 1 aromatic carbocycles. The molecule has 1 N–H and O–H groups in total.